The summed E-state index contributed by atoms with van der Waals surface area (Å²) in [6.45, 7) is 2.72. The maximum atomic E-state index is 11.6. The highest BCUT2D eigenvalue weighted by Gasteiger charge is 2.41. The molecule has 2 atom stereocenters. The van der Waals surface area contributed by atoms with Crippen molar-refractivity contribution in [2.45, 2.75) is 25.3 Å². The van der Waals surface area contributed by atoms with Crippen LogP contribution in [0.25, 0.3) is 0 Å². The van der Waals surface area contributed by atoms with E-state index in [1.165, 1.54) is 7.11 Å². The highest BCUT2D eigenvalue weighted by molar-refractivity contribution is 5.80. The van der Waals surface area contributed by atoms with Gasteiger partial charge in [-0.3, -0.25) is 4.79 Å². The van der Waals surface area contributed by atoms with Crippen LogP contribution in [0.1, 0.15) is 19.1 Å². The van der Waals surface area contributed by atoms with E-state index >= 15 is 0 Å². The van der Waals surface area contributed by atoms with Gasteiger partial charge in [0.25, 0.3) is 0 Å². The zero-order chi connectivity index (χ0) is 11.6. The largest absolute Gasteiger partial charge is 0.469 e. The van der Waals surface area contributed by atoms with Crippen molar-refractivity contribution in [1.82, 2.24) is 5.32 Å². The molecule has 4 nitrogen and oxygen atoms in total. The number of methoxy groups -OCH3 is 1. The number of carbonyl (C=O) groups excluding carboxylic acids is 1. The zero-order valence-corrected chi connectivity index (χ0v) is 9.66. The molecule has 1 saturated heterocycles. The average molecular weight is 223 g/mol. The second kappa shape index (κ2) is 4.29. The number of ether oxygens (including phenoxy) is 1. The summed E-state index contributed by atoms with van der Waals surface area (Å²) in [5, 5.41) is 3.23. The molecule has 0 amide bonds. The van der Waals surface area contributed by atoms with Gasteiger partial charge in [0.1, 0.15) is 11.3 Å². The Kier molecular flexibility index (Phi) is 3.01. The number of carbonyl (C=O) groups is 1. The molecule has 0 aromatic carbocycles. The maximum Gasteiger partial charge on any atom is 0.325 e. The van der Waals surface area contributed by atoms with Gasteiger partial charge >= 0.3 is 5.97 Å². The van der Waals surface area contributed by atoms with Crippen molar-refractivity contribution < 1.29 is 13.9 Å². The Bertz CT molecular complexity index is 360. The lowest BCUT2D eigenvalue weighted by Crippen LogP contribution is -2.45. The second-order valence-corrected chi connectivity index (χ2v) is 4.56. The van der Waals surface area contributed by atoms with Crippen LogP contribution in [-0.2, 0) is 16.0 Å². The molecule has 88 valence electrons. The first-order chi connectivity index (χ1) is 7.64. The molecule has 16 heavy (non-hydrogen) atoms. The van der Waals surface area contributed by atoms with Gasteiger partial charge < -0.3 is 14.5 Å². The zero-order valence-electron chi connectivity index (χ0n) is 9.66. The van der Waals surface area contributed by atoms with Crippen LogP contribution in [0.3, 0.4) is 0 Å². The Labute approximate surface area is 95.0 Å². The summed E-state index contributed by atoms with van der Waals surface area (Å²) in [4.78, 5) is 11.6. The third-order valence-electron chi connectivity index (χ3n) is 3.18. The minimum atomic E-state index is -0.536. The topological polar surface area (TPSA) is 51.5 Å². The van der Waals surface area contributed by atoms with E-state index in [9.17, 15) is 4.79 Å². The quantitative estimate of drug-likeness (QED) is 0.786. The van der Waals surface area contributed by atoms with E-state index in [-0.39, 0.29) is 5.97 Å². The van der Waals surface area contributed by atoms with Crippen LogP contribution >= 0.6 is 0 Å². The summed E-state index contributed by atoms with van der Waals surface area (Å²) in [7, 11) is 1.43. The monoisotopic (exact) mass is 223 g/mol. The van der Waals surface area contributed by atoms with Crippen molar-refractivity contribution >= 4 is 5.97 Å². The molecule has 1 aromatic heterocycles. The van der Waals surface area contributed by atoms with Gasteiger partial charge in [0.15, 0.2) is 0 Å². The molecule has 1 N–H and O–H groups in total. The summed E-state index contributed by atoms with van der Waals surface area (Å²) < 4.78 is 10.1. The predicted molar refractivity (Wildman–Crippen MR) is 58.9 cm³/mol. The summed E-state index contributed by atoms with van der Waals surface area (Å²) in [6.07, 6.45) is 3.34. The van der Waals surface area contributed by atoms with Gasteiger partial charge in [-0.05, 0) is 37.9 Å². The Hall–Kier alpha value is -1.29. The van der Waals surface area contributed by atoms with E-state index in [2.05, 4.69) is 5.32 Å². The molecule has 2 heterocycles. The van der Waals surface area contributed by atoms with E-state index in [4.69, 9.17) is 9.15 Å². The highest BCUT2D eigenvalue weighted by Crippen LogP contribution is 2.27. The minimum Gasteiger partial charge on any atom is -0.469 e. The summed E-state index contributed by atoms with van der Waals surface area (Å²) >= 11 is 0. The van der Waals surface area contributed by atoms with Crippen molar-refractivity contribution in [3.63, 3.8) is 0 Å². The molecular weight excluding hydrogens is 206 g/mol. The molecule has 1 aliphatic rings. The lowest BCUT2D eigenvalue weighted by Gasteiger charge is -2.20. The van der Waals surface area contributed by atoms with Crippen molar-refractivity contribution in [3.05, 3.63) is 24.2 Å². The molecule has 1 aromatic rings. The summed E-state index contributed by atoms with van der Waals surface area (Å²) in [5.74, 6) is 1.21. The number of rotatable bonds is 3. The van der Waals surface area contributed by atoms with Crippen molar-refractivity contribution in [1.29, 1.82) is 0 Å². The Morgan fingerprint density at radius 3 is 3.19 bits per heavy atom. The number of esters is 1. The van der Waals surface area contributed by atoms with Gasteiger partial charge in [0.05, 0.1) is 13.4 Å². The van der Waals surface area contributed by atoms with Crippen LogP contribution in [-0.4, -0.2) is 25.2 Å². The molecule has 2 rings (SSSR count). The Morgan fingerprint density at radius 1 is 1.75 bits per heavy atom. The van der Waals surface area contributed by atoms with Crippen molar-refractivity contribution in [2.75, 3.05) is 13.7 Å². The van der Waals surface area contributed by atoms with Crippen LogP contribution < -0.4 is 5.32 Å². The molecule has 0 radical (unpaired) electrons. The SMILES string of the molecule is COC(=O)C1(C)CC(Cc2ccco2)CN1. The van der Waals surface area contributed by atoms with Crippen molar-refractivity contribution in [3.8, 4) is 0 Å². The standard InChI is InChI=1S/C12H17NO3/c1-12(11(14)15-2)7-9(8-13-12)6-10-4-3-5-16-10/h3-5,9,13H,6-8H2,1-2H3. The van der Waals surface area contributed by atoms with E-state index in [1.807, 2.05) is 19.1 Å². The van der Waals surface area contributed by atoms with Crippen LogP contribution in [0, 0.1) is 5.92 Å². The lowest BCUT2D eigenvalue weighted by molar-refractivity contribution is -0.147. The summed E-state index contributed by atoms with van der Waals surface area (Å²) in [5.41, 5.74) is -0.536. The fourth-order valence-electron chi connectivity index (χ4n) is 2.33. The molecule has 0 saturated carbocycles. The number of hydrogen-bond acceptors (Lipinski definition) is 4. The fourth-order valence-corrected chi connectivity index (χ4v) is 2.33. The van der Waals surface area contributed by atoms with E-state index in [0.29, 0.717) is 5.92 Å². The van der Waals surface area contributed by atoms with Gasteiger partial charge in [0, 0.05) is 6.42 Å². The third-order valence-corrected chi connectivity index (χ3v) is 3.18. The lowest BCUT2D eigenvalue weighted by atomic mass is 9.92. The van der Waals surface area contributed by atoms with Gasteiger partial charge in [-0.2, -0.15) is 0 Å². The maximum absolute atomic E-state index is 11.6. The molecule has 1 fully saturated rings. The Morgan fingerprint density at radius 2 is 2.56 bits per heavy atom. The fraction of sp³-hybridized carbons (Fsp3) is 0.583. The molecule has 0 spiro atoms. The molecule has 2 unspecified atom stereocenters. The van der Waals surface area contributed by atoms with E-state index in [1.54, 1.807) is 6.26 Å². The molecule has 4 heteroatoms. The van der Waals surface area contributed by atoms with Crippen molar-refractivity contribution in [2.24, 2.45) is 5.92 Å². The van der Waals surface area contributed by atoms with Crippen LogP contribution in [0.4, 0.5) is 0 Å². The predicted octanol–water partition coefficient (Wildman–Crippen LogP) is 1.36. The normalized spacial score (nSPS) is 29.2. The van der Waals surface area contributed by atoms with E-state index < -0.39 is 5.54 Å². The van der Waals surface area contributed by atoms with Crippen LogP contribution in [0.15, 0.2) is 22.8 Å². The summed E-state index contributed by atoms with van der Waals surface area (Å²) in [6, 6.07) is 3.85. The third kappa shape index (κ3) is 2.11. The number of nitrogens with one attached hydrogen (secondary N) is 1. The molecular formula is C12H17NO3. The van der Waals surface area contributed by atoms with Gasteiger partial charge in [0.2, 0.25) is 0 Å². The number of hydrogen-bond donors (Lipinski definition) is 1. The Balaban J connectivity index is 1.95. The van der Waals surface area contributed by atoms with Crippen LogP contribution in [0.2, 0.25) is 0 Å². The number of furan rings is 1. The highest BCUT2D eigenvalue weighted by atomic mass is 16.5. The van der Waals surface area contributed by atoms with Gasteiger partial charge in [-0.25, -0.2) is 0 Å². The van der Waals surface area contributed by atoms with Crippen LogP contribution in [0.5, 0.6) is 0 Å². The smallest absolute Gasteiger partial charge is 0.325 e. The van der Waals surface area contributed by atoms with Gasteiger partial charge in [-0.15, -0.1) is 0 Å². The molecule has 1 aliphatic heterocycles. The van der Waals surface area contributed by atoms with E-state index in [0.717, 1.165) is 25.1 Å². The second-order valence-electron chi connectivity index (χ2n) is 4.56. The average Bonchev–Trinajstić information content (AvgIpc) is 2.89. The first-order valence-corrected chi connectivity index (χ1v) is 5.50. The minimum absolute atomic E-state index is 0.186. The molecule has 0 bridgehead atoms. The molecule has 0 aliphatic carbocycles. The van der Waals surface area contributed by atoms with Gasteiger partial charge in [-0.1, -0.05) is 0 Å². The first kappa shape index (κ1) is 11.2. The first-order valence-electron chi connectivity index (χ1n) is 5.50.